The fourth-order valence-electron chi connectivity index (χ4n) is 7.75. The third-order valence-corrected chi connectivity index (χ3v) is 11.9. The Kier molecular flexibility index (Phi) is 47.2. The van der Waals surface area contributed by atoms with Crippen LogP contribution >= 0.6 is 0 Å². The number of esters is 2. The minimum atomic E-state index is -0.150. The van der Waals surface area contributed by atoms with Crippen molar-refractivity contribution >= 4 is 11.9 Å². The van der Waals surface area contributed by atoms with Crippen molar-refractivity contribution < 1.29 is 52.2 Å². The van der Waals surface area contributed by atoms with Crippen molar-refractivity contribution in [1.29, 1.82) is 0 Å². The molecule has 11 heteroatoms. The molecule has 11 nitrogen and oxygen atoms in total. The molecule has 0 bridgehead atoms. The molecule has 0 spiro atoms. The molecule has 3 atom stereocenters. The van der Waals surface area contributed by atoms with Crippen molar-refractivity contribution in [2.24, 2.45) is 0 Å². The van der Waals surface area contributed by atoms with E-state index < -0.39 is 0 Å². The van der Waals surface area contributed by atoms with E-state index in [1.807, 2.05) is 30.3 Å². The van der Waals surface area contributed by atoms with Gasteiger partial charge in [0.2, 0.25) is 0 Å². The lowest BCUT2D eigenvalue weighted by molar-refractivity contribution is -0.151. The zero-order valence-corrected chi connectivity index (χ0v) is 43.6. The highest BCUT2D eigenvalue weighted by molar-refractivity contribution is 5.69. The third-order valence-electron chi connectivity index (χ3n) is 11.9. The van der Waals surface area contributed by atoms with Gasteiger partial charge in [-0.25, -0.2) is 0 Å². The van der Waals surface area contributed by atoms with Crippen LogP contribution in [-0.2, 0) is 58.8 Å². The van der Waals surface area contributed by atoms with E-state index in [0.717, 1.165) is 134 Å². The lowest BCUT2D eigenvalue weighted by Gasteiger charge is -2.19. The molecule has 1 rings (SSSR count). The topological polar surface area (TPSA) is 117 Å². The maximum absolute atomic E-state index is 12.6. The summed E-state index contributed by atoms with van der Waals surface area (Å²) < 4.78 is 52.7. The van der Waals surface area contributed by atoms with Gasteiger partial charge in [0.1, 0.15) is 18.3 Å². The predicted octanol–water partition coefficient (Wildman–Crippen LogP) is 13.5. The van der Waals surface area contributed by atoms with Gasteiger partial charge < -0.3 is 42.6 Å². The van der Waals surface area contributed by atoms with Crippen LogP contribution in [0.15, 0.2) is 30.3 Å². The Morgan fingerprint density at radius 2 is 0.761 bits per heavy atom. The van der Waals surface area contributed by atoms with Crippen LogP contribution in [0.5, 0.6) is 0 Å². The van der Waals surface area contributed by atoms with Gasteiger partial charge in [-0.15, -0.1) is 0 Å². The van der Waals surface area contributed by atoms with Gasteiger partial charge in [-0.2, -0.15) is 0 Å². The summed E-state index contributed by atoms with van der Waals surface area (Å²) >= 11 is 0. The van der Waals surface area contributed by atoms with E-state index in [4.69, 9.17) is 42.6 Å². The van der Waals surface area contributed by atoms with Gasteiger partial charge in [0.25, 0.3) is 0 Å². The quantitative estimate of drug-likeness (QED) is 0.0459. The highest BCUT2D eigenvalue weighted by Gasteiger charge is 2.16. The second-order valence-electron chi connectivity index (χ2n) is 18.3. The molecule has 0 radical (unpaired) electrons. The third kappa shape index (κ3) is 43.6. The summed E-state index contributed by atoms with van der Waals surface area (Å²) in [5.41, 5.74) is 1.16. The van der Waals surface area contributed by atoms with Gasteiger partial charge in [-0.05, 0) is 69.8 Å². The molecule has 3 unspecified atom stereocenters. The minimum absolute atomic E-state index is 0.0283. The fourth-order valence-corrected chi connectivity index (χ4v) is 7.75. The molecule has 392 valence electrons. The number of carbonyl (C=O) groups is 2. The zero-order valence-electron chi connectivity index (χ0n) is 43.6. The number of benzene rings is 1. The molecule has 0 N–H and O–H groups in total. The van der Waals surface area contributed by atoms with Crippen molar-refractivity contribution in [3.05, 3.63) is 35.9 Å². The minimum Gasteiger partial charge on any atom is -0.462 e. The number of ether oxygens (including phenoxy) is 9. The smallest absolute Gasteiger partial charge is 0.306 e. The van der Waals surface area contributed by atoms with Crippen molar-refractivity contribution in [1.82, 2.24) is 0 Å². The number of hydrogen-bond acceptors (Lipinski definition) is 11. The molecule has 1 aromatic carbocycles. The van der Waals surface area contributed by atoms with E-state index in [2.05, 4.69) is 27.7 Å². The van der Waals surface area contributed by atoms with Gasteiger partial charge in [-0.3, -0.25) is 9.59 Å². The normalized spacial score (nSPS) is 12.9. The molecule has 0 aromatic heterocycles. The maximum Gasteiger partial charge on any atom is 0.306 e. The summed E-state index contributed by atoms with van der Waals surface area (Å²) in [6.45, 7) is 15.8. The first-order valence-electron chi connectivity index (χ1n) is 27.5. The molecule has 67 heavy (non-hydrogen) atoms. The first kappa shape index (κ1) is 62.9. The molecule has 0 fully saturated rings. The SMILES string of the molecule is CCCCCCC(CCCC)OC(=O)CCCCCCCOCC(COCCOCCOCCOCCOCc1ccccc1)OCCCCCCCC(=O)OC(CCCC)CCCCCC. The lowest BCUT2D eigenvalue weighted by atomic mass is 10.0. The lowest BCUT2D eigenvalue weighted by Crippen LogP contribution is -2.27. The average molecular weight is 951 g/mol. The Hall–Kier alpha value is -2.12. The molecule has 0 aliphatic rings. The second-order valence-corrected chi connectivity index (χ2v) is 18.3. The van der Waals surface area contributed by atoms with Crippen LogP contribution < -0.4 is 0 Å². The monoisotopic (exact) mass is 951 g/mol. The summed E-state index contributed by atoms with van der Waals surface area (Å²) in [6.07, 6.45) is 29.2. The molecule has 0 saturated carbocycles. The Morgan fingerprint density at radius 1 is 0.373 bits per heavy atom. The van der Waals surface area contributed by atoms with E-state index in [-0.39, 0.29) is 30.3 Å². The fraction of sp³-hybridized carbons (Fsp3) is 0.857. The van der Waals surface area contributed by atoms with Crippen LogP contribution in [0.4, 0.5) is 0 Å². The van der Waals surface area contributed by atoms with E-state index in [1.54, 1.807) is 0 Å². The van der Waals surface area contributed by atoms with E-state index in [9.17, 15) is 9.59 Å². The van der Waals surface area contributed by atoms with Crippen LogP contribution in [0, 0.1) is 0 Å². The molecular weight excluding hydrogens is 849 g/mol. The van der Waals surface area contributed by atoms with Crippen LogP contribution in [0.25, 0.3) is 0 Å². The van der Waals surface area contributed by atoms with E-state index in [0.29, 0.717) is 98.7 Å². The summed E-state index contributed by atoms with van der Waals surface area (Å²) in [7, 11) is 0. The predicted molar refractivity (Wildman–Crippen MR) is 272 cm³/mol. The van der Waals surface area contributed by atoms with Crippen LogP contribution in [0.1, 0.15) is 213 Å². The van der Waals surface area contributed by atoms with E-state index in [1.165, 1.54) is 38.5 Å². The summed E-state index contributed by atoms with van der Waals surface area (Å²) in [5.74, 6) is -0.0598. The Balaban J connectivity index is 2.28. The van der Waals surface area contributed by atoms with Crippen molar-refractivity contribution in [2.75, 3.05) is 79.3 Å². The maximum atomic E-state index is 12.6. The molecule has 0 heterocycles. The van der Waals surface area contributed by atoms with Gasteiger partial charge in [0, 0.05) is 26.1 Å². The standard InChI is InChI=1S/C56H102O11/c1-5-9-13-24-34-52(32-11-7-3)66-55(57)36-26-17-15-19-28-38-62-49-54(50-64-47-45-61-43-41-59-40-42-60-44-46-63-48-51-30-22-21-23-31-51)65-39-29-20-16-18-27-37-56(58)67-53(33-12-8-4)35-25-14-10-6-2/h21-23,30-31,52-54H,5-20,24-29,32-50H2,1-4H3. The van der Waals surface area contributed by atoms with E-state index >= 15 is 0 Å². The van der Waals surface area contributed by atoms with Crippen LogP contribution in [0.3, 0.4) is 0 Å². The molecule has 0 aliphatic carbocycles. The highest BCUT2D eigenvalue weighted by Crippen LogP contribution is 2.18. The Labute approximate surface area is 410 Å². The number of hydrogen-bond donors (Lipinski definition) is 0. The number of carbonyl (C=O) groups excluding carboxylic acids is 2. The molecule has 0 saturated heterocycles. The van der Waals surface area contributed by atoms with Crippen molar-refractivity contribution in [3.8, 4) is 0 Å². The van der Waals surface area contributed by atoms with Crippen LogP contribution in [0.2, 0.25) is 0 Å². The van der Waals surface area contributed by atoms with Gasteiger partial charge >= 0.3 is 11.9 Å². The summed E-state index contributed by atoms with van der Waals surface area (Å²) in [6, 6.07) is 10.1. The van der Waals surface area contributed by atoms with Gasteiger partial charge in [-0.1, -0.05) is 161 Å². The van der Waals surface area contributed by atoms with Crippen LogP contribution in [-0.4, -0.2) is 110 Å². The first-order chi connectivity index (χ1) is 33.0. The molecule has 1 aromatic rings. The Morgan fingerprint density at radius 3 is 1.25 bits per heavy atom. The van der Waals surface area contributed by atoms with Crippen molar-refractivity contribution in [3.63, 3.8) is 0 Å². The molecule has 0 aliphatic heterocycles. The molecule has 0 amide bonds. The van der Waals surface area contributed by atoms with Crippen molar-refractivity contribution in [2.45, 2.75) is 232 Å². The highest BCUT2D eigenvalue weighted by atomic mass is 16.6. The zero-order chi connectivity index (χ0) is 48.4. The number of rotatable bonds is 53. The largest absolute Gasteiger partial charge is 0.462 e. The molecular formula is C56H102O11. The summed E-state index contributed by atoms with van der Waals surface area (Å²) in [4.78, 5) is 25.1. The average Bonchev–Trinajstić information content (AvgIpc) is 3.33. The summed E-state index contributed by atoms with van der Waals surface area (Å²) in [5, 5.41) is 0. The first-order valence-corrected chi connectivity index (χ1v) is 27.5. The Bertz CT molecular complexity index is 1170. The number of unbranched alkanes of at least 4 members (excludes halogenated alkanes) is 16. The second kappa shape index (κ2) is 50.3. The van der Waals surface area contributed by atoms with Gasteiger partial charge in [0.15, 0.2) is 0 Å². The van der Waals surface area contributed by atoms with Gasteiger partial charge in [0.05, 0.1) is 72.7 Å².